The summed E-state index contributed by atoms with van der Waals surface area (Å²) in [6, 6.07) is 7.81. The molecule has 1 saturated heterocycles. The van der Waals surface area contributed by atoms with Crippen LogP contribution in [0.4, 0.5) is 0 Å². The van der Waals surface area contributed by atoms with Crippen molar-refractivity contribution in [1.82, 2.24) is 4.90 Å². The number of benzene rings is 1. The summed E-state index contributed by atoms with van der Waals surface area (Å²) in [5.74, 6) is 0.761. The van der Waals surface area contributed by atoms with Crippen LogP contribution in [0.5, 0.6) is 0 Å². The second-order valence-corrected chi connectivity index (χ2v) is 5.55. The van der Waals surface area contributed by atoms with Gasteiger partial charge in [-0.05, 0) is 49.9 Å². The highest BCUT2D eigenvalue weighted by Crippen LogP contribution is 2.23. The first-order valence-electron chi connectivity index (χ1n) is 6.18. The molecule has 1 aromatic rings. The summed E-state index contributed by atoms with van der Waals surface area (Å²) in [5, 5.41) is 0. The molecule has 2 unspecified atom stereocenters. The Morgan fingerprint density at radius 1 is 1.24 bits per heavy atom. The van der Waals surface area contributed by atoms with Crippen molar-refractivity contribution in [3.05, 3.63) is 29.8 Å². The highest BCUT2D eigenvalue weighted by molar-refractivity contribution is 7.80. The Bertz CT molecular complexity index is 401. The van der Waals surface area contributed by atoms with Gasteiger partial charge in [-0.15, -0.1) is 12.6 Å². The largest absolute Gasteiger partial charge is 0.336 e. The molecule has 2 rings (SSSR count). The van der Waals surface area contributed by atoms with Crippen molar-refractivity contribution < 1.29 is 4.79 Å². The Kier molecular flexibility index (Phi) is 3.77. The topological polar surface area (TPSA) is 20.3 Å². The molecule has 1 aromatic carbocycles. The number of amides is 1. The lowest BCUT2D eigenvalue weighted by Gasteiger charge is -2.36. The zero-order chi connectivity index (χ0) is 12.4. The molecule has 1 aliphatic heterocycles. The lowest BCUT2D eigenvalue weighted by atomic mass is 9.94. The minimum Gasteiger partial charge on any atom is -0.336 e. The summed E-state index contributed by atoms with van der Waals surface area (Å²) < 4.78 is 0. The van der Waals surface area contributed by atoms with E-state index < -0.39 is 0 Å². The molecule has 0 N–H and O–H groups in total. The Morgan fingerprint density at radius 3 is 2.53 bits per heavy atom. The second-order valence-electron chi connectivity index (χ2n) is 5.04. The molecule has 92 valence electrons. The normalized spacial score (nSPS) is 24.8. The van der Waals surface area contributed by atoms with Crippen LogP contribution in [-0.2, 0) is 0 Å². The molecule has 0 spiro atoms. The van der Waals surface area contributed by atoms with Gasteiger partial charge < -0.3 is 4.90 Å². The first-order chi connectivity index (χ1) is 8.08. The molecular formula is C14H19NOS. The van der Waals surface area contributed by atoms with Crippen LogP contribution < -0.4 is 0 Å². The number of carbonyl (C=O) groups excluding carboxylic acids is 1. The summed E-state index contributed by atoms with van der Waals surface area (Å²) in [5.41, 5.74) is 0.767. The van der Waals surface area contributed by atoms with Crippen molar-refractivity contribution in [1.29, 1.82) is 0 Å². The van der Waals surface area contributed by atoms with Crippen LogP contribution in [0.1, 0.15) is 37.0 Å². The zero-order valence-corrected chi connectivity index (χ0v) is 11.3. The number of carbonyl (C=O) groups is 1. The predicted molar refractivity (Wildman–Crippen MR) is 72.6 cm³/mol. The average molecular weight is 249 g/mol. The Labute approximate surface area is 108 Å². The molecule has 1 heterocycles. The van der Waals surface area contributed by atoms with Gasteiger partial charge in [0.2, 0.25) is 0 Å². The van der Waals surface area contributed by atoms with E-state index in [0.717, 1.165) is 23.4 Å². The van der Waals surface area contributed by atoms with E-state index in [-0.39, 0.29) is 5.91 Å². The third kappa shape index (κ3) is 2.83. The summed E-state index contributed by atoms with van der Waals surface area (Å²) in [6.07, 6.45) is 2.33. The molecule has 2 atom stereocenters. The minimum atomic E-state index is 0.150. The predicted octanol–water partition coefficient (Wildman–Crippen LogP) is 3.24. The Morgan fingerprint density at radius 2 is 1.88 bits per heavy atom. The summed E-state index contributed by atoms with van der Waals surface area (Å²) in [6.45, 7) is 5.22. The van der Waals surface area contributed by atoms with Crippen molar-refractivity contribution in [2.75, 3.05) is 6.54 Å². The highest BCUT2D eigenvalue weighted by atomic mass is 32.1. The van der Waals surface area contributed by atoms with Crippen LogP contribution in [0, 0.1) is 5.92 Å². The van der Waals surface area contributed by atoms with Gasteiger partial charge in [-0.1, -0.05) is 6.92 Å². The second kappa shape index (κ2) is 5.13. The van der Waals surface area contributed by atoms with E-state index in [9.17, 15) is 4.79 Å². The van der Waals surface area contributed by atoms with Crippen molar-refractivity contribution >= 4 is 18.5 Å². The fraction of sp³-hybridized carbons (Fsp3) is 0.500. The van der Waals surface area contributed by atoms with Crippen LogP contribution >= 0.6 is 12.6 Å². The van der Waals surface area contributed by atoms with Gasteiger partial charge in [-0.25, -0.2) is 0 Å². The number of likely N-dealkylation sites (tertiary alicyclic amines) is 1. The number of hydrogen-bond acceptors (Lipinski definition) is 2. The van der Waals surface area contributed by atoms with Gasteiger partial charge in [-0.2, -0.15) is 0 Å². The van der Waals surface area contributed by atoms with E-state index in [1.165, 1.54) is 6.42 Å². The summed E-state index contributed by atoms with van der Waals surface area (Å²) in [7, 11) is 0. The SMILES string of the molecule is CC1CCC(C)N(C(=O)c2ccc(S)cc2)C1. The third-order valence-electron chi connectivity index (χ3n) is 3.49. The van der Waals surface area contributed by atoms with Crippen LogP contribution in [0.3, 0.4) is 0 Å². The maximum Gasteiger partial charge on any atom is 0.254 e. The minimum absolute atomic E-state index is 0.150. The average Bonchev–Trinajstić information content (AvgIpc) is 2.32. The maximum absolute atomic E-state index is 12.4. The number of thiol groups is 1. The van der Waals surface area contributed by atoms with Crippen LogP contribution in [-0.4, -0.2) is 23.4 Å². The molecule has 0 bridgehead atoms. The first kappa shape index (κ1) is 12.5. The smallest absolute Gasteiger partial charge is 0.254 e. The lowest BCUT2D eigenvalue weighted by Crippen LogP contribution is -2.44. The number of hydrogen-bond donors (Lipinski definition) is 1. The molecule has 2 nitrogen and oxygen atoms in total. The molecule has 17 heavy (non-hydrogen) atoms. The van der Waals surface area contributed by atoms with Crippen molar-refractivity contribution in [2.45, 2.75) is 37.6 Å². The van der Waals surface area contributed by atoms with Gasteiger partial charge in [0.1, 0.15) is 0 Å². The lowest BCUT2D eigenvalue weighted by molar-refractivity contribution is 0.0574. The van der Waals surface area contributed by atoms with Gasteiger partial charge in [-0.3, -0.25) is 4.79 Å². The fourth-order valence-corrected chi connectivity index (χ4v) is 2.49. The standard InChI is InChI=1S/C14H19NOS/c1-10-3-4-11(2)15(9-10)14(16)12-5-7-13(17)8-6-12/h5-8,10-11,17H,3-4,9H2,1-2H3. The van der Waals surface area contributed by atoms with Crippen LogP contribution in [0.15, 0.2) is 29.2 Å². The number of nitrogens with zero attached hydrogens (tertiary/aromatic N) is 1. The zero-order valence-electron chi connectivity index (χ0n) is 10.4. The van der Waals surface area contributed by atoms with Gasteiger partial charge in [0.15, 0.2) is 0 Å². The summed E-state index contributed by atoms with van der Waals surface area (Å²) in [4.78, 5) is 15.3. The van der Waals surface area contributed by atoms with Gasteiger partial charge in [0, 0.05) is 23.0 Å². The molecule has 0 saturated carbocycles. The van der Waals surface area contributed by atoms with Crippen molar-refractivity contribution in [3.63, 3.8) is 0 Å². The number of rotatable bonds is 1. The van der Waals surface area contributed by atoms with Gasteiger partial charge in [0.25, 0.3) is 5.91 Å². The molecular weight excluding hydrogens is 230 g/mol. The maximum atomic E-state index is 12.4. The van der Waals surface area contributed by atoms with Crippen LogP contribution in [0.2, 0.25) is 0 Å². The van der Waals surface area contributed by atoms with Gasteiger partial charge in [0.05, 0.1) is 0 Å². The van der Waals surface area contributed by atoms with E-state index in [1.807, 2.05) is 29.2 Å². The van der Waals surface area contributed by atoms with Crippen LogP contribution in [0.25, 0.3) is 0 Å². The molecule has 1 fully saturated rings. The third-order valence-corrected chi connectivity index (χ3v) is 3.79. The Balaban J connectivity index is 2.15. The monoisotopic (exact) mass is 249 g/mol. The molecule has 0 aliphatic carbocycles. The summed E-state index contributed by atoms with van der Waals surface area (Å²) >= 11 is 4.23. The highest BCUT2D eigenvalue weighted by Gasteiger charge is 2.27. The first-order valence-corrected chi connectivity index (χ1v) is 6.62. The number of piperidine rings is 1. The van der Waals surface area contributed by atoms with E-state index >= 15 is 0 Å². The van der Waals surface area contributed by atoms with Crippen molar-refractivity contribution in [2.24, 2.45) is 5.92 Å². The Hall–Kier alpha value is -0.960. The molecule has 0 radical (unpaired) electrons. The molecule has 0 aromatic heterocycles. The molecule has 1 aliphatic rings. The van der Waals surface area contributed by atoms with Gasteiger partial charge >= 0.3 is 0 Å². The molecule has 3 heteroatoms. The quantitative estimate of drug-likeness (QED) is 0.758. The van der Waals surface area contributed by atoms with E-state index in [4.69, 9.17) is 0 Å². The molecule has 1 amide bonds. The van der Waals surface area contributed by atoms with E-state index in [0.29, 0.717) is 12.0 Å². The van der Waals surface area contributed by atoms with Crippen molar-refractivity contribution in [3.8, 4) is 0 Å². The van der Waals surface area contributed by atoms with E-state index in [1.54, 1.807) is 0 Å². The van der Waals surface area contributed by atoms with E-state index in [2.05, 4.69) is 26.5 Å². The fourth-order valence-electron chi connectivity index (χ4n) is 2.34.